The lowest BCUT2D eigenvalue weighted by atomic mass is 10.1. The topological polar surface area (TPSA) is 9.23 Å². The lowest BCUT2D eigenvalue weighted by molar-refractivity contribution is 0.198. The number of benzene rings is 8. The highest BCUT2D eigenvalue weighted by Gasteiger charge is 2.48. The largest absolute Gasteiger partial charge is 0.381 e. The summed E-state index contributed by atoms with van der Waals surface area (Å²) in [7, 11) is -2.35. The molecular weight excluding hydrogens is 1340 g/mol. The zero-order valence-corrected chi connectivity index (χ0v) is 47.9. The van der Waals surface area contributed by atoms with E-state index in [0.717, 1.165) is 41.5 Å². The third-order valence-electron chi connectivity index (χ3n) is 10.7. The highest BCUT2D eigenvalue weighted by molar-refractivity contribution is 14.1. The molecule has 0 spiro atoms. The van der Waals surface area contributed by atoms with Crippen molar-refractivity contribution in [2.45, 2.75) is 12.8 Å². The summed E-state index contributed by atoms with van der Waals surface area (Å²) in [6.45, 7) is -0.511. The van der Waals surface area contributed by atoms with Gasteiger partial charge in [0.25, 0.3) is 0 Å². The SMILES string of the molecule is Brc1ccc(-c2ccc(Br)cc2I)c(I)c1.Brc1ccc2c(c1)[Si](c1ccccc1)(c1ccccc1)c1cc(Br)ccc1-2.C1CCOC1.Cl[Si](Cl)(c1ccccc1)c1ccccc1. The molecule has 1 fully saturated rings. The average molecular weight is 1380 g/mol. The van der Waals surface area contributed by atoms with Gasteiger partial charge in [0.05, 0.1) is 0 Å². The van der Waals surface area contributed by atoms with Crippen molar-refractivity contribution in [1.29, 1.82) is 0 Å². The van der Waals surface area contributed by atoms with Crippen molar-refractivity contribution in [3.8, 4) is 22.3 Å². The maximum atomic E-state index is 6.49. The van der Waals surface area contributed by atoms with Crippen molar-refractivity contribution < 1.29 is 4.74 Å². The fourth-order valence-corrected chi connectivity index (χ4v) is 20.5. The Labute approximate surface area is 443 Å². The van der Waals surface area contributed by atoms with Crippen LogP contribution in [-0.2, 0) is 4.74 Å². The first-order valence-electron chi connectivity index (χ1n) is 20.2. The Morgan fingerprint density at radius 2 is 0.730 bits per heavy atom. The minimum absolute atomic E-state index is 1.00. The van der Waals surface area contributed by atoms with E-state index in [-0.39, 0.29) is 0 Å². The highest BCUT2D eigenvalue weighted by Crippen LogP contribution is 2.34. The highest BCUT2D eigenvalue weighted by atomic mass is 127. The van der Waals surface area contributed by atoms with Crippen molar-refractivity contribution in [3.63, 3.8) is 0 Å². The molecule has 63 heavy (non-hydrogen) atoms. The van der Waals surface area contributed by atoms with Crippen molar-refractivity contribution >= 4 is 177 Å². The fraction of sp³-hybridized carbons (Fsp3) is 0.0769. The van der Waals surface area contributed by atoms with E-state index in [0.29, 0.717) is 0 Å². The van der Waals surface area contributed by atoms with Crippen LogP contribution in [-0.4, -0.2) is 28.0 Å². The van der Waals surface area contributed by atoms with E-state index in [4.69, 9.17) is 26.9 Å². The molecule has 0 unspecified atom stereocenters. The van der Waals surface area contributed by atoms with Crippen molar-refractivity contribution in [3.05, 3.63) is 219 Å². The van der Waals surface area contributed by atoms with Gasteiger partial charge in [0.1, 0.15) is 0 Å². The third-order valence-corrected chi connectivity index (χ3v) is 24.1. The molecule has 2 heterocycles. The molecule has 0 aromatic heterocycles. The maximum Gasteiger partial charge on any atom is 0.310 e. The third kappa shape index (κ3) is 11.8. The molecular formula is C52H40Br4Cl2I2OSi2. The molecule has 318 valence electrons. The summed E-state index contributed by atoms with van der Waals surface area (Å²) in [5.41, 5.74) is 5.28. The van der Waals surface area contributed by atoms with E-state index >= 15 is 0 Å². The number of rotatable bonds is 5. The molecule has 11 heteroatoms. The molecule has 2 aliphatic rings. The van der Waals surface area contributed by atoms with Gasteiger partial charge in [-0.1, -0.05) is 209 Å². The zero-order chi connectivity index (χ0) is 44.4. The van der Waals surface area contributed by atoms with E-state index in [9.17, 15) is 0 Å². The maximum absolute atomic E-state index is 6.49. The Morgan fingerprint density at radius 1 is 0.413 bits per heavy atom. The summed E-state index contributed by atoms with van der Waals surface area (Å²) in [5.74, 6) is 0. The first-order chi connectivity index (χ1) is 30.5. The summed E-state index contributed by atoms with van der Waals surface area (Å²) >= 11 is 32.2. The predicted molar refractivity (Wildman–Crippen MR) is 307 cm³/mol. The number of fused-ring (bicyclic) bond motifs is 3. The summed E-state index contributed by atoms with van der Waals surface area (Å²) in [5, 5.41) is 7.82. The van der Waals surface area contributed by atoms with Gasteiger partial charge in [-0.25, -0.2) is 0 Å². The Bertz CT molecular complexity index is 2570. The van der Waals surface area contributed by atoms with E-state index < -0.39 is 14.8 Å². The quantitative estimate of drug-likeness (QED) is 0.0948. The molecule has 0 radical (unpaired) electrons. The van der Waals surface area contributed by atoms with Crippen LogP contribution in [0.5, 0.6) is 0 Å². The van der Waals surface area contributed by atoms with E-state index in [1.807, 2.05) is 60.7 Å². The average Bonchev–Trinajstić information content (AvgIpc) is 3.98. The monoisotopic (exact) mass is 1380 g/mol. The summed E-state index contributed by atoms with van der Waals surface area (Å²) in [6.07, 6.45) is 2.56. The normalized spacial score (nSPS) is 13.2. The van der Waals surface area contributed by atoms with Gasteiger partial charge in [-0.3, -0.25) is 0 Å². The van der Waals surface area contributed by atoms with E-state index in [1.165, 1.54) is 63.0 Å². The van der Waals surface area contributed by atoms with Gasteiger partial charge in [-0.2, -0.15) is 0 Å². The van der Waals surface area contributed by atoms with Gasteiger partial charge >= 0.3 is 6.69 Å². The summed E-state index contributed by atoms with van der Waals surface area (Å²) < 4.78 is 12.0. The van der Waals surface area contributed by atoms with Gasteiger partial charge in [-0.05, 0) is 160 Å². The first-order valence-corrected chi connectivity index (χ1v) is 31.5. The number of halogens is 8. The number of ether oxygens (including phenoxy) is 1. The van der Waals surface area contributed by atoms with Crippen molar-refractivity contribution in [1.82, 2.24) is 0 Å². The zero-order valence-electron chi connectivity index (χ0n) is 33.7. The Morgan fingerprint density at radius 3 is 1.05 bits per heavy atom. The molecule has 0 aliphatic carbocycles. The molecule has 0 saturated carbocycles. The van der Waals surface area contributed by atoms with Crippen molar-refractivity contribution in [2.75, 3.05) is 13.2 Å². The van der Waals surface area contributed by atoms with Crippen LogP contribution < -0.4 is 31.1 Å². The van der Waals surface area contributed by atoms with Crippen LogP contribution in [0.4, 0.5) is 0 Å². The minimum atomic E-state index is -2.51. The van der Waals surface area contributed by atoms with Gasteiger partial charge in [-0.15, -0.1) is 22.2 Å². The first kappa shape index (κ1) is 49.0. The molecule has 2 aliphatic heterocycles. The van der Waals surface area contributed by atoms with Crippen LogP contribution in [0.25, 0.3) is 22.3 Å². The van der Waals surface area contributed by atoms with Crippen LogP contribution >= 0.6 is 131 Å². The van der Waals surface area contributed by atoms with E-state index in [1.54, 1.807) is 0 Å². The lowest BCUT2D eigenvalue weighted by Crippen LogP contribution is -2.72. The standard InChI is InChI=1S/C24H16Br2Si.C12H6Br2I2.C12H10Cl2Si.C4H8O/c25-17-11-13-21-22-14-12-18(26)16-24(22)27(23(21)15-17,19-7-3-1-4-8-19)20-9-5-2-6-10-20;13-7-1-3-9(11(15)5-7)10-4-2-8(14)6-12(10)16;13-15(14,11-7-3-1-4-8-11)12-9-5-2-6-10-12;1-2-4-5-3-1/h1-16H;1-6H;1-10H;1-4H2. The summed E-state index contributed by atoms with van der Waals surface area (Å²) in [4.78, 5) is 0. The number of hydrogen-bond acceptors (Lipinski definition) is 1. The van der Waals surface area contributed by atoms with Crippen molar-refractivity contribution in [2.24, 2.45) is 0 Å². The van der Waals surface area contributed by atoms with Crippen LogP contribution in [0.15, 0.2) is 212 Å². The summed E-state index contributed by atoms with van der Waals surface area (Å²) in [6, 6.07) is 68.1. The van der Waals surface area contributed by atoms with Gasteiger partial charge in [0, 0.05) is 38.2 Å². The minimum Gasteiger partial charge on any atom is -0.381 e. The molecule has 1 nitrogen and oxygen atoms in total. The molecule has 0 atom stereocenters. The molecule has 0 amide bonds. The fourth-order valence-electron chi connectivity index (χ4n) is 7.82. The Hall–Kier alpha value is -1.89. The van der Waals surface area contributed by atoms with Gasteiger partial charge < -0.3 is 4.74 Å². The number of hydrogen-bond donors (Lipinski definition) is 0. The predicted octanol–water partition coefficient (Wildman–Crippen LogP) is 14.2. The smallest absolute Gasteiger partial charge is 0.310 e. The molecule has 0 bridgehead atoms. The Balaban J connectivity index is 0.000000142. The van der Waals surface area contributed by atoms with Crippen LogP contribution in [0, 0.1) is 7.14 Å². The molecule has 8 aromatic carbocycles. The van der Waals surface area contributed by atoms with Crippen LogP contribution in [0.2, 0.25) is 0 Å². The second-order valence-electron chi connectivity index (χ2n) is 14.7. The second kappa shape index (κ2) is 23.2. The Kier molecular flexibility index (Phi) is 18.1. The second-order valence-corrected chi connectivity index (χ2v) is 30.7. The van der Waals surface area contributed by atoms with Gasteiger partial charge in [0.2, 0.25) is 0 Å². The lowest BCUT2D eigenvalue weighted by Gasteiger charge is -2.31. The molecule has 8 aromatic rings. The van der Waals surface area contributed by atoms with Crippen LogP contribution in [0.3, 0.4) is 0 Å². The van der Waals surface area contributed by atoms with Gasteiger partial charge in [0.15, 0.2) is 8.07 Å². The molecule has 0 N–H and O–H groups in total. The van der Waals surface area contributed by atoms with Crippen LogP contribution in [0.1, 0.15) is 12.8 Å². The molecule has 1 saturated heterocycles. The molecule has 10 rings (SSSR count). The van der Waals surface area contributed by atoms with E-state index in [2.05, 4.69) is 242 Å².